The number of benzene rings is 1. The van der Waals surface area contributed by atoms with Crippen LogP contribution in [0.2, 0.25) is 0 Å². The predicted molar refractivity (Wildman–Crippen MR) is 87.4 cm³/mol. The number of nitrogens with one attached hydrogen (secondary N) is 2. The van der Waals surface area contributed by atoms with Crippen molar-refractivity contribution in [2.75, 3.05) is 19.6 Å². The van der Waals surface area contributed by atoms with Crippen LogP contribution < -0.4 is 10.6 Å². The Morgan fingerprint density at radius 3 is 2.71 bits per heavy atom. The van der Waals surface area contributed by atoms with E-state index in [1.165, 1.54) is 24.0 Å². The van der Waals surface area contributed by atoms with Gasteiger partial charge in [-0.1, -0.05) is 31.2 Å². The number of amides is 1. The lowest BCUT2D eigenvalue weighted by molar-refractivity contribution is -0.121. The van der Waals surface area contributed by atoms with Crippen molar-refractivity contribution in [3.05, 3.63) is 35.4 Å². The summed E-state index contributed by atoms with van der Waals surface area (Å²) in [6.07, 6.45) is 6.16. The highest BCUT2D eigenvalue weighted by atomic mass is 16.1. The number of rotatable bonds is 7. The third-order valence-corrected chi connectivity index (χ3v) is 4.35. The van der Waals surface area contributed by atoms with E-state index in [0.29, 0.717) is 6.42 Å². The smallest absolute Gasteiger partial charge is 0.220 e. The zero-order valence-corrected chi connectivity index (χ0v) is 13.2. The molecule has 0 spiro atoms. The average molecular weight is 288 g/mol. The zero-order valence-electron chi connectivity index (χ0n) is 13.2. The maximum Gasteiger partial charge on any atom is 0.220 e. The van der Waals surface area contributed by atoms with Crippen molar-refractivity contribution in [3.63, 3.8) is 0 Å². The van der Waals surface area contributed by atoms with Gasteiger partial charge in [0.05, 0.1) is 0 Å². The summed E-state index contributed by atoms with van der Waals surface area (Å²) in [4.78, 5) is 11.9. The molecule has 2 N–H and O–H groups in total. The molecule has 1 atom stereocenters. The van der Waals surface area contributed by atoms with Crippen molar-refractivity contribution >= 4 is 5.91 Å². The molecule has 116 valence electrons. The molecule has 1 unspecified atom stereocenters. The van der Waals surface area contributed by atoms with Gasteiger partial charge in [0.15, 0.2) is 0 Å². The van der Waals surface area contributed by atoms with Gasteiger partial charge in [-0.2, -0.15) is 0 Å². The number of carbonyl (C=O) groups excluding carboxylic acids is 1. The quantitative estimate of drug-likeness (QED) is 0.810. The Kier molecular flexibility index (Phi) is 6.74. The second kappa shape index (κ2) is 8.83. The van der Waals surface area contributed by atoms with Crippen LogP contribution in [0.4, 0.5) is 0 Å². The molecule has 21 heavy (non-hydrogen) atoms. The van der Waals surface area contributed by atoms with Crippen molar-refractivity contribution in [2.24, 2.45) is 5.92 Å². The number of hydrogen-bond acceptors (Lipinski definition) is 2. The first-order valence-corrected chi connectivity index (χ1v) is 8.33. The Labute approximate surface area is 128 Å². The molecule has 0 radical (unpaired) electrons. The van der Waals surface area contributed by atoms with Crippen LogP contribution >= 0.6 is 0 Å². The van der Waals surface area contributed by atoms with Gasteiger partial charge in [-0.05, 0) is 62.2 Å². The summed E-state index contributed by atoms with van der Waals surface area (Å²) in [5.74, 6) is 0.916. The van der Waals surface area contributed by atoms with Crippen LogP contribution in [0.3, 0.4) is 0 Å². The Morgan fingerprint density at radius 2 is 2.05 bits per heavy atom. The molecule has 1 aromatic rings. The van der Waals surface area contributed by atoms with E-state index in [1.807, 2.05) is 0 Å². The molecule has 1 aromatic carbocycles. The molecule has 2 rings (SSSR count). The van der Waals surface area contributed by atoms with E-state index in [9.17, 15) is 4.79 Å². The van der Waals surface area contributed by atoms with Crippen molar-refractivity contribution in [1.82, 2.24) is 10.6 Å². The summed E-state index contributed by atoms with van der Waals surface area (Å²) >= 11 is 0. The number of piperidine rings is 1. The molecule has 3 nitrogen and oxygen atoms in total. The first kappa shape index (κ1) is 16.0. The van der Waals surface area contributed by atoms with E-state index < -0.39 is 0 Å². The first-order chi connectivity index (χ1) is 10.3. The molecule has 1 aliphatic heterocycles. The van der Waals surface area contributed by atoms with Crippen LogP contribution in [-0.4, -0.2) is 25.5 Å². The van der Waals surface area contributed by atoms with Crippen LogP contribution in [0.25, 0.3) is 0 Å². The maximum absolute atomic E-state index is 11.9. The third kappa shape index (κ3) is 5.88. The Morgan fingerprint density at radius 1 is 1.29 bits per heavy atom. The van der Waals surface area contributed by atoms with Crippen molar-refractivity contribution < 1.29 is 4.79 Å². The summed E-state index contributed by atoms with van der Waals surface area (Å²) in [6.45, 7) is 5.24. The zero-order chi connectivity index (χ0) is 14.9. The van der Waals surface area contributed by atoms with Gasteiger partial charge in [-0.15, -0.1) is 0 Å². The van der Waals surface area contributed by atoms with E-state index in [1.54, 1.807) is 0 Å². The van der Waals surface area contributed by atoms with Gasteiger partial charge in [-0.25, -0.2) is 0 Å². The summed E-state index contributed by atoms with van der Waals surface area (Å²) in [6, 6.07) is 8.59. The number of hydrogen-bond donors (Lipinski definition) is 2. The van der Waals surface area contributed by atoms with E-state index in [2.05, 4.69) is 41.8 Å². The standard InChI is InChI=1S/C18H28N2O/c1-2-15-5-7-16(8-6-15)9-10-18(21)20-13-11-17-4-3-12-19-14-17/h5-8,17,19H,2-4,9-14H2,1H3,(H,20,21). The second-order valence-corrected chi connectivity index (χ2v) is 6.02. The molecule has 1 heterocycles. The normalized spacial score (nSPS) is 18.4. The second-order valence-electron chi connectivity index (χ2n) is 6.02. The Bertz CT molecular complexity index is 421. The van der Waals surface area contributed by atoms with Gasteiger partial charge < -0.3 is 10.6 Å². The molecule has 3 heteroatoms. The molecule has 0 aliphatic carbocycles. The molecule has 0 aromatic heterocycles. The van der Waals surface area contributed by atoms with E-state index in [4.69, 9.17) is 0 Å². The average Bonchev–Trinajstić information content (AvgIpc) is 2.54. The molecule has 1 fully saturated rings. The Hall–Kier alpha value is -1.35. The Balaban J connectivity index is 1.60. The van der Waals surface area contributed by atoms with Gasteiger partial charge in [0.25, 0.3) is 0 Å². The summed E-state index contributed by atoms with van der Waals surface area (Å²) in [5.41, 5.74) is 2.60. The largest absolute Gasteiger partial charge is 0.356 e. The van der Waals surface area contributed by atoms with E-state index in [-0.39, 0.29) is 5.91 Å². The highest BCUT2D eigenvalue weighted by Crippen LogP contribution is 2.13. The number of carbonyl (C=O) groups is 1. The molecule has 1 saturated heterocycles. The molecular weight excluding hydrogens is 260 g/mol. The lowest BCUT2D eigenvalue weighted by atomic mass is 9.96. The highest BCUT2D eigenvalue weighted by molar-refractivity contribution is 5.76. The van der Waals surface area contributed by atoms with Gasteiger partial charge in [0.2, 0.25) is 5.91 Å². The fourth-order valence-electron chi connectivity index (χ4n) is 2.87. The minimum atomic E-state index is 0.179. The topological polar surface area (TPSA) is 41.1 Å². The lowest BCUT2D eigenvalue weighted by Crippen LogP contribution is -2.33. The lowest BCUT2D eigenvalue weighted by Gasteiger charge is -2.22. The van der Waals surface area contributed by atoms with Crippen molar-refractivity contribution in [1.29, 1.82) is 0 Å². The van der Waals surface area contributed by atoms with Crippen molar-refractivity contribution in [2.45, 2.75) is 45.4 Å². The van der Waals surface area contributed by atoms with Gasteiger partial charge in [-0.3, -0.25) is 4.79 Å². The summed E-state index contributed by atoms with van der Waals surface area (Å²) in [5, 5.41) is 6.47. The highest BCUT2D eigenvalue weighted by Gasteiger charge is 2.12. The SMILES string of the molecule is CCc1ccc(CCC(=O)NCCC2CCCNC2)cc1. The van der Waals surface area contributed by atoms with E-state index >= 15 is 0 Å². The maximum atomic E-state index is 11.9. The third-order valence-electron chi connectivity index (χ3n) is 4.35. The monoisotopic (exact) mass is 288 g/mol. The van der Waals surface area contributed by atoms with Gasteiger partial charge >= 0.3 is 0 Å². The van der Waals surface area contributed by atoms with Crippen LogP contribution in [0.5, 0.6) is 0 Å². The van der Waals surface area contributed by atoms with Gasteiger partial charge in [0.1, 0.15) is 0 Å². The molecule has 1 aliphatic rings. The van der Waals surface area contributed by atoms with Crippen LogP contribution in [0, 0.1) is 5.92 Å². The van der Waals surface area contributed by atoms with Gasteiger partial charge in [0, 0.05) is 13.0 Å². The predicted octanol–water partition coefficient (Wildman–Crippen LogP) is 2.69. The van der Waals surface area contributed by atoms with Crippen LogP contribution in [0.15, 0.2) is 24.3 Å². The van der Waals surface area contributed by atoms with Crippen LogP contribution in [0.1, 0.15) is 43.7 Å². The minimum Gasteiger partial charge on any atom is -0.356 e. The van der Waals surface area contributed by atoms with E-state index in [0.717, 1.165) is 44.8 Å². The molecule has 1 amide bonds. The number of aryl methyl sites for hydroxylation is 2. The van der Waals surface area contributed by atoms with Crippen molar-refractivity contribution in [3.8, 4) is 0 Å². The van der Waals surface area contributed by atoms with Crippen LogP contribution in [-0.2, 0) is 17.6 Å². The minimum absolute atomic E-state index is 0.179. The fourth-order valence-corrected chi connectivity index (χ4v) is 2.87. The summed E-state index contributed by atoms with van der Waals surface area (Å²) < 4.78 is 0. The molecular formula is C18H28N2O. The molecule has 0 bridgehead atoms. The fraction of sp³-hybridized carbons (Fsp3) is 0.611. The first-order valence-electron chi connectivity index (χ1n) is 8.33. The molecule has 0 saturated carbocycles. The summed E-state index contributed by atoms with van der Waals surface area (Å²) in [7, 11) is 0.